The molecule has 110 valence electrons. The summed E-state index contributed by atoms with van der Waals surface area (Å²) < 4.78 is 0. The quantitative estimate of drug-likeness (QED) is 0.632. The van der Waals surface area contributed by atoms with Gasteiger partial charge < -0.3 is 0 Å². The summed E-state index contributed by atoms with van der Waals surface area (Å²) in [5.74, 6) is 3.90. The average Bonchev–Trinajstić information content (AvgIpc) is 2.72. The predicted octanol–water partition coefficient (Wildman–Crippen LogP) is 6.00. The lowest BCUT2D eigenvalue weighted by Crippen LogP contribution is -2.10. The maximum atomic E-state index is 2.43. The first kappa shape index (κ1) is 14.4. The minimum atomic E-state index is 0.708. The maximum absolute atomic E-state index is 2.43. The van der Waals surface area contributed by atoms with Crippen LogP contribution >= 0.6 is 0 Å². The van der Waals surface area contributed by atoms with E-state index in [1.807, 2.05) is 0 Å². The number of benzene rings is 2. The molecule has 0 spiro atoms. The lowest BCUT2D eigenvalue weighted by Gasteiger charge is -2.22. The third kappa shape index (κ3) is 2.52. The molecule has 0 nitrogen and oxygen atoms in total. The zero-order valence-electron chi connectivity index (χ0n) is 13.6. The van der Waals surface area contributed by atoms with Crippen molar-refractivity contribution in [2.45, 2.75) is 33.6 Å². The van der Waals surface area contributed by atoms with Gasteiger partial charge in [-0.2, -0.15) is 0 Å². The van der Waals surface area contributed by atoms with E-state index in [0.29, 0.717) is 5.92 Å². The fourth-order valence-corrected chi connectivity index (χ4v) is 4.23. The van der Waals surface area contributed by atoms with E-state index in [9.17, 15) is 0 Å². The van der Waals surface area contributed by atoms with Crippen molar-refractivity contribution < 1.29 is 0 Å². The first-order chi connectivity index (χ1) is 10.1. The molecule has 0 aromatic heterocycles. The Morgan fingerprint density at radius 1 is 0.524 bits per heavy atom. The smallest absolute Gasteiger partial charge is 0.0105 e. The number of rotatable bonds is 2. The molecule has 21 heavy (non-hydrogen) atoms. The number of hydrogen-bond donors (Lipinski definition) is 0. The fraction of sp³-hybridized carbons (Fsp3) is 0.429. The van der Waals surface area contributed by atoms with Crippen molar-refractivity contribution >= 4 is 0 Å². The van der Waals surface area contributed by atoms with Gasteiger partial charge in [0.25, 0.3) is 0 Å². The largest absolute Gasteiger partial charge is 0.0622 e. The third-order valence-electron chi connectivity index (χ3n) is 6.02. The van der Waals surface area contributed by atoms with Gasteiger partial charge in [0.1, 0.15) is 0 Å². The molecule has 0 heteroatoms. The van der Waals surface area contributed by atoms with Crippen molar-refractivity contribution in [3.05, 3.63) is 60.2 Å². The summed E-state index contributed by atoms with van der Waals surface area (Å²) in [5.41, 5.74) is 4.14. The normalized spacial score (nSPS) is 32.3. The second kappa shape index (κ2) is 5.67. The van der Waals surface area contributed by atoms with Crippen LogP contribution in [0.4, 0.5) is 0 Å². The highest BCUT2D eigenvalue weighted by molar-refractivity contribution is 5.63. The Morgan fingerprint density at radius 3 is 1.52 bits per heavy atom. The van der Waals surface area contributed by atoms with E-state index in [1.165, 1.54) is 16.7 Å². The summed E-state index contributed by atoms with van der Waals surface area (Å²) >= 11 is 0. The minimum absolute atomic E-state index is 0.708. The topological polar surface area (TPSA) is 0 Å². The fourth-order valence-electron chi connectivity index (χ4n) is 4.23. The second-order valence-corrected chi connectivity index (χ2v) is 6.95. The summed E-state index contributed by atoms with van der Waals surface area (Å²) in [6, 6.07) is 19.9. The molecule has 1 saturated carbocycles. The van der Waals surface area contributed by atoms with Crippen molar-refractivity contribution in [2.75, 3.05) is 0 Å². The molecule has 1 fully saturated rings. The van der Waals surface area contributed by atoms with Crippen LogP contribution < -0.4 is 0 Å². The van der Waals surface area contributed by atoms with Crippen molar-refractivity contribution in [3.63, 3.8) is 0 Å². The molecule has 1 aliphatic carbocycles. The van der Waals surface area contributed by atoms with Crippen LogP contribution in [0.1, 0.15) is 39.2 Å². The maximum Gasteiger partial charge on any atom is -0.0105 e. The van der Waals surface area contributed by atoms with Crippen LogP contribution in [-0.4, -0.2) is 0 Å². The van der Waals surface area contributed by atoms with E-state index in [1.54, 1.807) is 0 Å². The highest BCUT2D eigenvalue weighted by Gasteiger charge is 2.41. The molecule has 4 unspecified atom stereocenters. The SMILES string of the molecule is CC1C(C)C(C)C(c2ccc(-c3ccccc3)cc2)C1C. The molecule has 0 radical (unpaired) electrons. The van der Waals surface area contributed by atoms with Crippen molar-refractivity contribution in [2.24, 2.45) is 23.7 Å². The Bertz CT molecular complexity index is 567. The van der Waals surface area contributed by atoms with Crippen molar-refractivity contribution in [1.29, 1.82) is 0 Å². The van der Waals surface area contributed by atoms with Gasteiger partial charge in [-0.25, -0.2) is 0 Å². The molecule has 0 aliphatic heterocycles. The van der Waals surface area contributed by atoms with E-state index in [-0.39, 0.29) is 0 Å². The van der Waals surface area contributed by atoms with Gasteiger partial charge >= 0.3 is 0 Å². The van der Waals surface area contributed by atoms with E-state index < -0.39 is 0 Å². The van der Waals surface area contributed by atoms with Crippen LogP contribution in [0.3, 0.4) is 0 Å². The predicted molar refractivity (Wildman–Crippen MR) is 91.3 cm³/mol. The van der Waals surface area contributed by atoms with E-state index in [4.69, 9.17) is 0 Å². The van der Waals surface area contributed by atoms with Gasteiger partial charge in [-0.15, -0.1) is 0 Å². The van der Waals surface area contributed by atoms with Gasteiger partial charge in [0, 0.05) is 0 Å². The second-order valence-electron chi connectivity index (χ2n) is 6.95. The van der Waals surface area contributed by atoms with Gasteiger partial charge in [0.2, 0.25) is 0 Å². The van der Waals surface area contributed by atoms with Gasteiger partial charge in [-0.05, 0) is 46.3 Å². The van der Waals surface area contributed by atoms with Crippen LogP contribution in [0.25, 0.3) is 11.1 Å². The van der Waals surface area contributed by atoms with E-state index in [2.05, 4.69) is 82.3 Å². The zero-order valence-corrected chi connectivity index (χ0v) is 13.6. The van der Waals surface area contributed by atoms with E-state index in [0.717, 1.165) is 23.7 Å². The highest BCUT2D eigenvalue weighted by Crippen LogP contribution is 2.50. The number of hydrogen-bond acceptors (Lipinski definition) is 0. The Labute approximate surface area is 129 Å². The zero-order chi connectivity index (χ0) is 15.0. The van der Waals surface area contributed by atoms with Crippen LogP contribution in [0.2, 0.25) is 0 Å². The summed E-state index contributed by atoms with van der Waals surface area (Å²) in [7, 11) is 0. The standard InChI is InChI=1S/C21H26/c1-14-15(2)17(4)21(16(14)3)20-12-10-19(11-13-20)18-8-6-5-7-9-18/h5-17,21H,1-4H3. The molecular formula is C21H26. The molecule has 0 N–H and O–H groups in total. The summed E-state index contributed by atoms with van der Waals surface area (Å²) in [4.78, 5) is 0. The van der Waals surface area contributed by atoms with Gasteiger partial charge in [0.15, 0.2) is 0 Å². The van der Waals surface area contributed by atoms with Crippen molar-refractivity contribution in [3.8, 4) is 11.1 Å². The summed E-state index contributed by atoms with van der Waals surface area (Å²) in [6.45, 7) is 9.70. The van der Waals surface area contributed by atoms with Crippen LogP contribution in [0.15, 0.2) is 54.6 Å². The molecule has 0 amide bonds. The average molecular weight is 278 g/mol. The molecule has 4 atom stereocenters. The van der Waals surface area contributed by atoms with E-state index >= 15 is 0 Å². The first-order valence-corrected chi connectivity index (χ1v) is 8.25. The van der Waals surface area contributed by atoms with Crippen molar-refractivity contribution in [1.82, 2.24) is 0 Å². The Balaban J connectivity index is 1.88. The third-order valence-corrected chi connectivity index (χ3v) is 6.02. The van der Waals surface area contributed by atoms with Gasteiger partial charge in [0.05, 0.1) is 0 Å². The molecule has 3 rings (SSSR count). The molecule has 0 saturated heterocycles. The molecule has 0 bridgehead atoms. The van der Waals surface area contributed by atoms with Gasteiger partial charge in [-0.3, -0.25) is 0 Å². The summed E-state index contributed by atoms with van der Waals surface area (Å²) in [5, 5.41) is 0. The molecule has 0 heterocycles. The Morgan fingerprint density at radius 2 is 1.00 bits per heavy atom. The molecule has 1 aliphatic rings. The van der Waals surface area contributed by atoms with Crippen LogP contribution in [0, 0.1) is 23.7 Å². The Kier molecular flexibility index (Phi) is 3.89. The molecule has 2 aromatic rings. The highest BCUT2D eigenvalue weighted by atomic mass is 14.5. The lowest BCUT2D eigenvalue weighted by molar-refractivity contribution is 0.352. The first-order valence-electron chi connectivity index (χ1n) is 8.25. The lowest BCUT2D eigenvalue weighted by atomic mass is 9.83. The monoisotopic (exact) mass is 278 g/mol. The minimum Gasteiger partial charge on any atom is -0.0622 e. The van der Waals surface area contributed by atoms with Crippen LogP contribution in [0.5, 0.6) is 0 Å². The van der Waals surface area contributed by atoms with Crippen LogP contribution in [-0.2, 0) is 0 Å². The van der Waals surface area contributed by atoms with Gasteiger partial charge in [-0.1, -0.05) is 82.3 Å². The summed E-state index contributed by atoms with van der Waals surface area (Å²) in [6.07, 6.45) is 0. The Hall–Kier alpha value is -1.56. The molecule has 2 aromatic carbocycles. The molecular weight excluding hydrogens is 252 g/mol.